The van der Waals surface area contributed by atoms with Crippen molar-refractivity contribution in [3.8, 4) is 11.8 Å². The van der Waals surface area contributed by atoms with Gasteiger partial charge < -0.3 is 15.4 Å². The van der Waals surface area contributed by atoms with Crippen molar-refractivity contribution in [1.29, 1.82) is 5.26 Å². The first-order chi connectivity index (χ1) is 15.2. The van der Waals surface area contributed by atoms with Crippen LogP contribution in [-0.4, -0.2) is 31.1 Å². The molecular formula is C23H18F3N3O3. The molecule has 0 heterocycles. The average molecular weight is 441 g/mol. The third-order valence-electron chi connectivity index (χ3n) is 4.42. The first-order valence-electron chi connectivity index (χ1n) is 9.56. The molecule has 0 atom stereocenters. The van der Waals surface area contributed by atoms with E-state index in [1.54, 1.807) is 18.2 Å². The maximum Gasteiger partial charge on any atom is 0.422 e. The molecule has 0 fully saturated rings. The summed E-state index contributed by atoms with van der Waals surface area (Å²) < 4.78 is 41.5. The van der Waals surface area contributed by atoms with Crippen LogP contribution in [0.25, 0.3) is 10.8 Å². The summed E-state index contributed by atoms with van der Waals surface area (Å²) in [6, 6.07) is 18.4. The van der Waals surface area contributed by atoms with Crippen molar-refractivity contribution in [1.82, 2.24) is 5.32 Å². The number of anilines is 1. The van der Waals surface area contributed by atoms with Crippen LogP contribution in [-0.2, 0) is 4.79 Å². The van der Waals surface area contributed by atoms with E-state index < -0.39 is 18.7 Å². The van der Waals surface area contributed by atoms with Gasteiger partial charge in [-0.1, -0.05) is 30.3 Å². The van der Waals surface area contributed by atoms with E-state index in [2.05, 4.69) is 15.4 Å². The molecule has 6 nitrogen and oxygen atoms in total. The molecule has 0 aliphatic rings. The Kier molecular flexibility index (Phi) is 6.95. The van der Waals surface area contributed by atoms with Crippen molar-refractivity contribution in [2.75, 3.05) is 18.5 Å². The number of hydrogen-bond donors (Lipinski definition) is 2. The number of amides is 2. The zero-order valence-electron chi connectivity index (χ0n) is 16.7. The van der Waals surface area contributed by atoms with Crippen molar-refractivity contribution < 1.29 is 27.5 Å². The first kappa shape index (κ1) is 22.6. The molecule has 0 bridgehead atoms. The van der Waals surface area contributed by atoms with Gasteiger partial charge in [0.1, 0.15) is 11.8 Å². The summed E-state index contributed by atoms with van der Waals surface area (Å²) >= 11 is 0. The highest BCUT2D eigenvalue weighted by molar-refractivity contribution is 5.99. The molecule has 2 amide bonds. The largest absolute Gasteiger partial charge is 0.483 e. The van der Waals surface area contributed by atoms with Crippen LogP contribution in [0.5, 0.6) is 5.75 Å². The van der Waals surface area contributed by atoms with E-state index in [1.807, 2.05) is 30.3 Å². The van der Waals surface area contributed by atoms with Crippen molar-refractivity contribution in [2.24, 2.45) is 0 Å². The van der Waals surface area contributed by atoms with Crippen LogP contribution in [0.2, 0.25) is 0 Å². The molecule has 2 N–H and O–H groups in total. The second-order valence-electron chi connectivity index (χ2n) is 6.84. The third kappa shape index (κ3) is 6.22. The number of nitrogens with zero attached hydrogens (tertiary/aromatic N) is 1. The highest BCUT2D eigenvalue weighted by Gasteiger charge is 2.28. The van der Waals surface area contributed by atoms with E-state index in [1.165, 1.54) is 18.2 Å². The topological polar surface area (TPSA) is 91.2 Å². The lowest BCUT2D eigenvalue weighted by atomic mass is 10.1. The van der Waals surface area contributed by atoms with E-state index in [9.17, 15) is 22.8 Å². The zero-order valence-corrected chi connectivity index (χ0v) is 16.7. The number of benzene rings is 3. The highest BCUT2D eigenvalue weighted by Crippen LogP contribution is 2.25. The standard InChI is InChI=1S/C23H18F3N3O3/c24-23(25,26)14-32-20-8-7-19(12-18(20)13-27)29-21(30)9-10-28-22(31)17-6-5-15-3-1-2-4-16(15)11-17/h1-8,11-12H,9-10,14H2,(H,28,31)(H,29,30). The van der Waals surface area contributed by atoms with Crippen LogP contribution in [0.4, 0.5) is 18.9 Å². The number of fused-ring (bicyclic) bond motifs is 1. The second-order valence-corrected chi connectivity index (χ2v) is 6.84. The minimum Gasteiger partial charge on any atom is -0.483 e. The number of nitrogens with one attached hydrogen (secondary N) is 2. The smallest absolute Gasteiger partial charge is 0.422 e. The number of halogens is 3. The van der Waals surface area contributed by atoms with Gasteiger partial charge in [0.2, 0.25) is 5.91 Å². The Balaban J connectivity index is 1.51. The van der Waals surface area contributed by atoms with Gasteiger partial charge in [-0.25, -0.2) is 0 Å². The lowest BCUT2D eigenvalue weighted by Gasteiger charge is -2.12. The fourth-order valence-electron chi connectivity index (χ4n) is 2.93. The molecule has 0 aromatic heterocycles. The summed E-state index contributed by atoms with van der Waals surface area (Å²) in [6.45, 7) is -1.44. The number of rotatable bonds is 7. The quantitative estimate of drug-likeness (QED) is 0.568. The molecule has 0 saturated carbocycles. The van der Waals surface area contributed by atoms with E-state index in [0.717, 1.165) is 10.8 Å². The van der Waals surface area contributed by atoms with Crippen LogP contribution < -0.4 is 15.4 Å². The molecular weight excluding hydrogens is 423 g/mol. The highest BCUT2D eigenvalue weighted by atomic mass is 19.4. The number of alkyl halides is 3. The molecule has 0 radical (unpaired) electrons. The summed E-state index contributed by atoms with van der Waals surface area (Å²) in [5.41, 5.74) is 0.556. The van der Waals surface area contributed by atoms with Gasteiger partial charge in [-0.2, -0.15) is 18.4 Å². The summed E-state index contributed by atoms with van der Waals surface area (Å²) in [4.78, 5) is 24.4. The number of ether oxygens (including phenoxy) is 1. The van der Waals surface area contributed by atoms with Crippen LogP contribution >= 0.6 is 0 Å². The Bertz CT molecular complexity index is 1190. The summed E-state index contributed by atoms with van der Waals surface area (Å²) in [5, 5.41) is 16.2. The van der Waals surface area contributed by atoms with Gasteiger partial charge in [-0.05, 0) is 41.1 Å². The number of nitriles is 1. The predicted molar refractivity (Wildman–Crippen MR) is 112 cm³/mol. The van der Waals surface area contributed by atoms with Gasteiger partial charge >= 0.3 is 6.18 Å². The monoisotopic (exact) mass is 441 g/mol. The number of carbonyl (C=O) groups excluding carboxylic acids is 2. The first-order valence-corrected chi connectivity index (χ1v) is 9.56. The lowest BCUT2D eigenvalue weighted by molar-refractivity contribution is -0.153. The Morgan fingerprint density at radius 1 is 1.00 bits per heavy atom. The van der Waals surface area contributed by atoms with Gasteiger partial charge in [-0.3, -0.25) is 9.59 Å². The van der Waals surface area contributed by atoms with Gasteiger partial charge in [0.15, 0.2) is 6.61 Å². The van der Waals surface area contributed by atoms with Crippen LogP contribution in [0.1, 0.15) is 22.3 Å². The molecule has 3 aromatic carbocycles. The van der Waals surface area contributed by atoms with E-state index in [-0.39, 0.29) is 35.9 Å². The summed E-state index contributed by atoms with van der Waals surface area (Å²) in [6.07, 6.45) is -4.57. The molecule has 0 saturated heterocycles. The van der Waals surface area contributed by atoms with Gasteiger partial charge in [0.25, 0.3) is 5.91 Å². The van der Waals surface area contributed by atoms with Crippen molar-refractivity contribution >= 4 is 28.3 Å². The lowest BCUT2D eigenvalue weighted by Crippen LogP contribution is -2.27. The molecule has 9 heteroatoms. The Morgan fingerprint density at radius 3 is 2.47 bits per heavy atom. The van der Waals surface area contributed by atoms with Crippen molar-refractivity contribution in [3.63, 3.8) is 0 Å². The van der Waals surface area contributed by atoms with Crippen molar-refractivity contribution in [2.45, 2.75) is 12.6 Å². The molecule has 3 aromatic rings. The summed E-state index contributed by atoms with van der Waals surface area (Å²) in [7, 11) is 0. The maximum atomic E-state index is 12.3. The van der Waals surface area contributed by atoms with E-state index in [4.69, 9.17) is 5.26 Å². The Morgan fingerprint density at radius 2 is 1.75 bits per heavy atom. The van der Waals surface area contributed by atoms with Crippen LogP contribution in [0.3, 0.4) is 0 Å². The molecule has 0 aliphatic heterocycles. The van der Waals surface area contributed by atoms with E-state index >= 15 is 0 Å². The SMILES string of the molecule is N#Cc1cc(NC(=O)CCNC(=O)c2ccc3ccccc3c2)ccc1OCC(F)(F)F. The minimum atomic E-state index is -4.53. The third-order valence-corrected chi connectivity index (χ3v) is 4.42. The van der Waals surface area contributed by atoms with Gasteiger partial charge in [-0.15, -0.1) is 0 Å². The number of hydrogen-bond acceptors (Lipinski definition) is 4. The van der Waals surface area contributed by atoms with E-state index in [0.29, 0.717) is 5.56 Å². The molecule has 3 rings (SSSR count). The maximum absolute atomic E-state index is 12.3. The average Bonchev–Trinajstić information content (AvgIpc) is 2.77. The molecule has 164 valence electrons. The predicted octanol–water partition coefficient (Wildman–Crippen LogP) is 4.41. The van der Waals surface area contributed by atoms with Crippen molar-refractivity contribution in [3.05, 3.63) is 71.8 Å². The number of carbonyl (C=O) groups is 2. The molecule has 0 unspecified atom stereocenters. The molecule has 0 spiro atoms. The molecule has 0 aliphatic carbocycles. The second kappa shape index (κ2) is 9.83. The van der Waals surface area contributed by atoms with Crippen LogP contribution in [0, 0.1) is 11.3 Å². The molecule has 32 heavy (non-hydrogen) atoms. The fourth-order valence-corrected chi connectivity index (χ4v) is 2.93. The Labute approximate surface area is 181 Å². The zero-order chi connectivity index (χ0) is 23.1. The fraction of sp³-hybridized carbons (Fsp3) is 0.174. The van der Waals surface area contributed by atoms with Gasteiger partial charge in [0, 0.05) is 24.2 Å². The normalized spacial score (nSPS) is 10.9. The Hall–Kier alpha value is -4.06. The van der Waals surface area contributed by atoms with Crippen LogP contribution in [0.15, 0.2) is 60.7 Å². The minimum absolute atomic E-state index is 0.0342. The summed E-state index contributed by atoms with van der Waals surface area (Å²) in [5.74, 6) is -0.983. The van der Waals surface area contributed by atoms with Gasteiger partial charge in [0.05, 0.1) is 5.56 Å².